The number of rotatable bonds is 5. The maximum Gasteiger partial charge on any atom is 0.417 e. The Morgan fingerprint density at radius 1 is 1.25 bits per heavy atom. The van der Waals surface area contributed by atoms with Crippen molar-refractivity contribution in [3.8, 4) is 5.75 Å². The minimum atomic E-state index is -4.93. The maximum absolute atomic E-state index is 14.5. The molecule has 0 saturated carbocycles. The summed E-state index contributed by atoms with van der Waals surface area (Å²) in [5.74, 6) is -8.93. The summed E-state index contributed by atoms with van der Waals surface area (Å²) in [6, 6.07) is 1.44. The molecule has 0 bridgehead atoms. The van der Waals surface area contributed by atoms with E-state index < -0.39 is 65.2 Å². The van der Waals surface area contributed by atoms with Crippen LogP contribution in [0.15, 0.2) is 12.1 Å². The van der Waals surface area contributed by atoms with Crippen molar-refractivity contribution in [1.29, 1.82) is 0 Å². The fraction of sp³-hybridized carbons (Fsp3) is 0.588. The van der Waals surface area contributed by atoms with Crippen LogP contribution in [0.2, 0.25) is 0 Å². The third-order valence-electron chi connectivity index (χ3n) is 4.84. The Morgan fingerprint density at radius 2 is 1.86 bits per heavy atom. The van der Waals surface area contributed by atoms with E-state index in [1.807, 2.05) is 0 Å². The number of carbonyl (C=O) groups excluding carboxylic acids is 1. The van der Waals surface area contributed by atoms with Gasteiger partial charge in [0.2, 0.25) is 5.82 Å². The van der Waals surface area contributed by atoms with Crippen molar-refractivity contribution in [2.45, 2.75) is 51.2 Å². The zero-order valence-corrected chi connectivity index (χ0v) is 14.9. The number of alkyl halides is 5. The molecule has 4 nitrogen and oxygen atoms in total. The van der Waals surface area contributed by atoms with Crippen LogP contribution in [-0.4, -0.2) is 37.1 Å². The van der Waals surface area contributed by atoms with Crippen molar-refractivity contribution in [3.05, 3.63) is 29.3 Å². The third kappa shape index (κ3) is 3.76. The molecule has 0 N–H and O–H groups in total. The summed E-state index contributed by atoms with van der Waals surface area (Å²) in [6.45, 7) is -0.453. The quantitative estimate of drug-likeness (QED) is 0.519. The molecular weight excluding hydrogens is 401 g/mol. The first-order valence-electron chi connectivity index (χ1n) is 8.19. The van der Waals surface area contributed by atoms with E-state index in [-0.39, 0.29) is 6.61 Å². The molecule has 1 aliphatic rings. The lowest BCUT2D eigenvalue weighted by Crippen LogP contribution is -2.47. The van der Waals surface area contributed by atoms with E-state index >= 15 is 0 Å². The molecule has 1 aromatic rings. The zero-order chi connectivity index (χ0) is 21.4. The molecule has 4 atom stereocenters. The smallest absolute Gasteiger partial charge is 0.417 e. The highest BCUT2D eigenvalue weighted by Crippen LogP contribution is 2.54. The summed E-state index contributed by atoms with van der Waals surface area (Å²) in [4.78, 5) is 12.1. The van der Waals surface area contributed by atoms with Gasteiger partial charge in [-0.1, -0.05) is 13.0 Å². The van der Waals surface area contributed by atoms with Gasteiger partial charge in [-0.25, -0.2) is 9.18 Å². The highest BCUT2D eigenvalue weighted by molar-refractivity contribution is 5.77. The molecule has 2 rings (SSSR count). The van der Waals surface area contributed by atoms with E-state index in [1.54, 1.807) is 0 Å². The number of ether oxygens (including phenoxy) is 3. The second-order valence-corrected chi connectivity index (χ2v) is 6.37. The van der Waals surface area contributed by atoms with E-state index in [1.165, 1.54) is 6.92 Å². The molecule has 0 radical (unpaired) electrons. The topological polar surface area (TPSA) is 44.8 Å². The van der Waals surface area contributed by atoms with Gasteiger partial charge in [0.25, 0.3) is 0 Å². The lowest BCUT2D eigenvalue weighted by atomic mass is 9.77. The largest absolute Gasteiger partial charge is 0.464 e. The number of carbonyl (C=O) groups is 1. The minimum absolute atomic E-state index is 0.180. The van der Waals surface area contributed by atoms with E-state index in [4.69, 9.17) is 9.47 Å². The Hall–Kier alpha value is -2.04. The Kier molecular flexibility index (Phi) is 6.17. The van der Waals surface area contributed by atoms with Crippen LogP contribution in [0.25, 0.3) is 0 Å². The molecule has 11 heteroatoms. The Balaban J connectivity index is 2.56. The molecule has 1 aliphatic heterocycles. The molecule has 0 aromatic heterocycles. The van der Waals surface area contributed by atoms with Crippen LogP contribution in [0.5, 0.6) is 5.75 Å². The molecule has 1 heterocycles. The first-order chi connectivity index (χ1) is 12.8. The summed E-state index contributed by atoms with van der Waals surface area (Å²) in [5.41, 5.74) is -3.49. The number of esters is 1. The van der Waals surface area contributed by atoms with Crippen molar-refractivity contribution in [2.24, 2.45) is 5.92 Å². The van der Waals surface area contributed by atoms with Gasteiger partial charge in [0.1, 0.15) is 0 Å². The molecule has 0 aliphatic carbocycles. The van der Waals surface area contributed by atoms with Gasteiger partial charge in [0.15, 0.2) is 23.3 Å². The van der Waals surface area contributed by atoms with Crippen LogP contribution in [0, 0.1) is 17.6 Å². The van der Waals surface area contributed by atoms with Gasteiger partial charge < -0.3 is 14.2 Å². The van der Waals surface area contributed by atoms with Gasteiger partial charge in [0, 0.05) is 11.8 Å². The normalized spacial score (nSPS) is 27.9. The van der Waals surface area contributed by atoms with Crippen molar-refractivity contribution >= 4 is 5.97 Å². The Labute approximate surface area is 155 Å². The number of hydrogen-bond acceptors (Lipinski definition) is 4. The summed E-state index contributed by atoms with van der Waals surface area (Å²) in [6.07, 6.45) is -6.81. The summed E-state index contributed by atoms with van der Waals surface area (Å²) < 4.78 is 107. The Morgan fingerprint density at radius 3 is 2.36 bits per heavy atom. The monoisotopic (exact) mass is 418 g/mol. The average molecular weight is 418 g/mol. The highest BCUT2D eigenvalue weighted by Gasteiger charge is 2.66. The number of benzene rings is 1. The standard InChI is InChI=1S/C17H17F7O4/c1-4-26-14(25)13-10(7(2)16(3,28-13)17(22,23)24)8-5-6-9(27-15(20)21)12(19)11(8)18/h5-7,10,13,15H,4H2,1-3H3. The molecule has 0 spiro atoms. The summed E-state index contributed by atoms with van der Waals surface area (Å²) in [7, 11) is 0. The summed E-state index contributed by atoms with van der Waals surface area (Å²) in [5, 5.41) is 0. The van der Waals surface area contributed by atoms with Crippen molar-refractivity contribution < 1.29 is 49.7 Å². The van der Waals surface area contributed by atoms with E-state index in [0.717, 1.165) is 13.0 Å². The van der Waals surface area contributed by atoms with Gasteiger partial charge in [-0.2, -0.15) is 26.3 Å². The maximum atomic E-state index is 14.5. The van der Waals surface area contributed by atoms with E-state index in [2.05, 4.69) is 4.74 Å². The molecular formula is C17H17F7O4. The molecule has 0 amide bonds. The molecule has 1 aromatic carbocycles. The van der Waals surface area contributed by atoms with Crippen LogP contribution in [0.3, 0.4) is 0 Å². The molecule has 4 unspecified atom stereocenters. The number of halogens is 7. The molecule has 28 heavy (non-hydrogen) atoms. The Bertz CT molecular complexity index is 737. The lowest BCUT2D eigenvalue weighted by molar-refractivity contribution is -0.274. The second kappa shape index (κ2) is 7.76. The van der Waals surface area contributed by atoms with E-state index in [9.17, 15) is 35.5 Å². The van der Waals surface area contributed by atoms with Gasteiger partial charge in [-0.3, -0.25) is 0 Å². The first kappa shape index (κ1) is 22.3. The fourth-order valence-corrected chi connectivity index (χ4v) is 3.22. The van der Waals surface area contributed by atoms with Crippen LogP contribution < -0.4 is 4.74 Å². The molecule has 1 saturated heterocycles. The van der Waals surface area contributed by atoms with Gasteiger partial charge in [0.05, 0.1) is 6.61 Å². The van der Waals surface area contributed by atoms with Crippen LogP contribution >= 0.6 is 0 Å². The SMILES string of the molecule is CCOC(=O)C1OC(C)(C(F)(F)F)C(C)C1c1ccc(OC(F)F)c(F)c1F. The lowest BCUT2D eigenvalue weighted by Gasteiger charge is -2.31. The third-order valence-corrected chi connectivity index (χ3v) is 4.84. The van der Waals surface area contributed by atoms with Crippen molar-refractivity contribution in [2.75, 3.05) is 6.61 Å². The second-order valence-electron chi connectivity index (χ2n) is 6.37. The van der Waals surface area contributed by atoms with Crippen molar-refractivity contribution in [1.82, 2.24) is 0 Å². The summed E-state index contributed by atoms with van der Waals surface area (Å²) >= 11 is 0. The van der Waals surface area contributed by atoms with Crippen LogP contribution in [-0.2, 0) is 14.3 Å². The average Bonchev–Trinajstić information content (AvgIpc) is 2.85. The van der Waals surface area contributed by atoms with Gasteiger partial charge in [-0.05, 0) is 25.5 Å². The van der Waals surface area contributed by atoms with Crippen LogP contribution in [0.1, 0.15) is 32.3 Å². The van der Waals surface area contributed by atoms with E-state index in [0.29, 0.717) is 13.0 Å². The predicted octanol–water partition coefficient (Wildman–Crippen LogP) is 4.57. The minimum Gasteiger partial charge on any atom is -0.464 e. The van der Waals surface area contributed by atoms with Crippen LogP contribution in [0.4, 0.5) is 30.7 Å². The van der Waals surface area contributed by atoms with Gasteiger partial charge in [-0.15, -0.1) is 0 Å². The highest BCUT2D eigenvalue weighted by atomic mass is 19.4. The van der Waals surface area contributed by atoms with Crippen molar-refractivity contribution in [3.63, 3.8) is 0 Å². The fourth-order valence-electron chi connectivity index (χ4n) is 3.22. The number of hydrogen-bond donors (Lipinski definition) is 0. The molecule has 158 valence electrons. The predicted molar refractivity (Wildman–Crippen MR) is 80.9 cm³/mol. The zero-order valence-electron chi connectivity index (χ0n) is 14.9. The van der Waals surface area contributed by atoms with Gasteiger partial charge >= 0.3 is 18.8 Å². The first-order valence-corrected chi connectivity index (χ1v) is 8.19. The molecule has 1 fully saturated rings.